The summed E-state index contributed by atoms with van der Waals surface area (Å²) in [5.41, 5.74) is 0.604. The van der Waals surface area contributed by atoms with Crippen molar-refractivity contribution in [2.45, 2.75) is 51.0 Å². The molecule has 3 aromatic rings. The van der Waals surface area contributed by atoms with Gasteiger partial charge in [0, 0.05) is 24.2 Å². The summed E-state index contributed by atoms with van der Waals surface area (Å²) in [7, 11) is 0. The van der Waals surface area contributed by atoms with Crippen LogP contribution in [0.3, 0.4) is 0 Å². The predicted octanol–water partition coefficient (Wildman–Crippen LogP) is 3.30. The van der Waals surface area contributed by atoms with Gasteiger partial charge in [0.25, 0.3) is 11.8 Å². The molecule has 0 radical (unpaired) electrons. The Bertz CT molecular complexity index is 1340. The van der Waals surface area contributed by atoms with Crippen molar-refractivity contribution < 1.29 is 18.8 Å². The van der Waals surface area contributed by atoms with Gasteiger partial charge in [0.05, 0.1) is 12.9 Å². The van der Waals surface area contributed by atoms with Crippen molar-refractivity contribution in [1.29, 1.82) is 0 Å². The molecule has 1 saturated carbocycles. The SMILES string of the molecule is CC1(C(=O)NCc2ccc(F)cc2)Cn2cnc(C(=O)NCc3cccc(Cl)c3)c2C(=O)N1C1CC1. The number of benzene rings is 2. The number of halogens is 2. The number of hydrogen-bond donors (Lipinski definition) is 2. The second kappa shape index (κ2) is 9.39. The largest absolute Gasteiger partial charge is 0.350 e. The van der Waals surface area contributed by atoms with Crippen molar-refractivity contribution in [3.63, 3.8) is 0 Å². The van der Waals surface area contributed by atoms with E-state index in [1.807, 2.05) is 6.07 Å². The number of amides is 3. The van der Waals surface area contributed by atoms with Gasteiger partial charge in [0.2, 0.25) is 5.91 Å². The summed E-state index contributed by atoms with van der Waals surface area (Å²) in [4.78, 5) is 45.8. The Kier molecular flexibility index (Phi) is 6.26. The van der Waals surface area contributed by atoms with Gasteiger partial charge in [-0.15, -0.1) is 0 Å². The number of nitrogens with zero attached hydrogens (tertiary/aromatic N) is 3. The number of carbonyl (C=O) groups excluding carboxylic acids is 3. The van der Waals surface area contributed by atoms with Crippen LogP contribution in [0.5, 0.6) is 0 Å². The summed E-state index contributed by atoms with van der Waals surface area (Å²) < 4.78 is 14.8. The maximum Gasteiger partial charge on any atom is 0.274 e. The fourth-order valence-corrected chi connectivity index (χ4v) is 4.82. The van der Waals surface area contributed by atoms with Gasteiger partial charge < -0.3 is 20.1 Å². The summed E-state index contributed by atoms with van der Waals surface area (Å²) in [5.74, 6) is -1.54. The molecule has 8 nitrogen and oxygen atoms in total. The topological polar surface area (TPSA) is 96.3 Å². The number of nitrogens with one attached hydrogen (secondary N) is 2. The lowest BCUT2D eigenvalue weighted by Gasteiger charge is -2.44. The molecule has 2 aromatic carbocycles. The van der Waals surface area contributed by atoms with Crippen LogP contribution in [-0.4, -0.2) is 43.8 Å². The first kappa shape index (κ1) is 24.0. The molecule has 1 aromatic heterocycles. The fourth-order valence-electron chi connectivity index (χ4n) is 4.61. The lowest BCUT2D eigenvalue weighted by molar-refractivity contribution is -0.133. The summed E-state index contributed by atoms with van der Waals surface area (Å²) in [6, 6.07) is 12.9. The van der Waals surface area contributed by atoms with E-state index in [0.717, 1.165) is 24.0 Å². The highest BCUT2D eigenvalue weighted by Gasteiger charge is 2.53. The van der Waals surface area contributed by atoms with Gasteiger partial charge in [-0.05, 0) is 55.2 Å². The van der Waals surface area contributed by atoms with E-state index in [-0.39, 0.29) is 48.8 Å². The Morgan fingerprint density at radius 1 is 1.11 bits per heavy atom. The standard InChI is InChI=1S/C26H25ClFN5O3/c1-26(25(36)30-12-16-5-7-19(28)8-6-16)14-32-15-31-21(22(32)24(35)33(26)20-9-10-20)23(34)29-13-17-3-2-4-18(27)11-17/h2-8,11,15,20H,9-10,12-14H2,1H3,(H,29,34)(H,30,36). The first-order valence-corrected chi connectivity index (χ1v) is 12.1. The van der Waals surface area contributed by atoms with Crippen molar-refractivity contribution in [3.05, 3.63) is 88.2 Å². The molecule has 1 aliphatic heterocycles. The molecule has 0 saturated heterocycles. The monoisotopic (exact) mass is 509 g/mol. The molecule has 2 heterocycles. The van der Waals surface area contributed by atoms with Crippen LogP contribution in [0.4, 0.5) is 4.39 Å². The highest BCUT2D eigenvalue weighted by molar-refractivity contribution is 6.30. The van der Waals surface area contributed by atoms with Gasteiger partial charge in [-0.3, -0.25) is 14.4 Å². The number of fused-ring (bicyclic) bond motifs is 1. The molecule has 0 bridgehead atoms. The van der Waals surface area contributed by atoms with E-state index in [2.05, 4.69) is 15.6 Å². The second-order valence-electron chi connectivity index (χ2n) is 9.37. The van der Waals surface area contributed by atoms with Crippen LogP contribution in [0.25, 0.3) is 0 Å². The molecule has 5 rings (SSSR count). The number of hydrogen-bond acceptors (Lipinski definition) is 4. The third-order valence-corrected chi connectivity index (χ3v) is 6.83. The minimum Gasteiger partial charge on any atom is -0.350 e. The van der Waals surface area contributed by atoms with E-state index in [4.69, 9.17) is 11.6 Å². The zero-order valence-corrected chi connectivity index (χ0v) is 20.4. The molecule has 2 N–H and O–H groups in total. The Labute approximate surface area is 212 Å². The van der Waals surface area contributed by atoms with E-state index in [1.165, 1.54) is 18.5 Å². The van der Waals surface area contributed by atoms with Crippen molar-refractivity contribution in [2.75, 3.05) is 0 Å². The molecule has 1 atom stereocenters. The van der Waals surface area contributed by atoms with Crippen molar-refractivity contribution in [2.24, 2.45) is 0 Å². The molecule has 1 unspecified atom stereocenters. The van der Waals surface area contributed by atoms with Gasteiger partial charge in [0.15, 0.2) is 5.69 Å². The van der Waals surface area contributed by atoms with Gasteiger partial charge >= 0.3 is 0 Å². The van der Waals surface area contributed by atoms with Gasteiger partial charge in [-0.25, -0.2) is 9.37 Å². The second-order valence-corrected chi connectivity index (χ2v) is 9.81. The van der Waals surface area contributed by atoms with Crippen LogP contribution in [-0.2, 0) is 24.4 Å². The first-order valence-electron chi connectivity index (χ1n) is 11.7. The molecule has 1 fully saturated rings. The van der Waals surface area contributed by atoms with Crippen LogP contribution >= 0.6 is 11.6 Å². The van der Waals surface area contributed by atoms with E-state index in [1.54, 1.807) is 46.7 Å². The Balaban J connectivity index is 1.35. The van der Waals surface area contributed by atoms with Crippen molar-refractivity contribution in [3.8, 4) is 0 Å². The maximum atomic E-state index is 13.7. The maximum absolute atomic E-state index is 13.7. The summed E-state index contributed by atoms with van der Waals surface area (Å²) in [6.45, 7) is 2.32. The van der Waals surface area contributed by atoms with Crippen LogP contribution in [0.2, 0.25) is 5.02 Å². The summed E-state index contributed by atoms with van der Waals surface area (Å²) >= 11 is 6.01. The fraction of sp³-hybridized carbons (Fsp3) is 0.308. The average Bonchev–Trinajstić information content (AvgIpc) is 3.59. The molecule has 2 aliphatic rings. The quantitative estimate of drug-likeness (QED) is 0.511. The minimum atomic E-state index is -1.17. The number of aromatic nitrogens is 2. The van der Waals surface area contributed by atoms with Crippen LogP contribution in [0.15, 0.2) is 54.9 Å². The van der Waals surface area contributed by atoms with Gasteiger partial charge in [0.1, 0.15) is 17.1 Å². The lowest BCUT2D eigenvalue weighted by Crippen LogP contribution is -2.64. The molecular weight excluding hydrogens is 485 g/mol. The Hall–Kier alpha value is -3.72. The third kappa shape index (κ3) is 4.58. The number of rotatable bonds is 7. The molecule has 3 amide bonds. The highest BCUT2D eigenvalue weighted by Crippen LogP contribution is 2.38. The van der Waals surface area contributed by atoms with Crippen molar-refractivity contribution >= 4 is 29.3 Å². The van der Waals surface area contributed by atoms with Crippen LogP contribution in [0.1, 0.15) is 51.9 Å². The number of carbonyl (C=O) groups is 3. The Morgan fingerprint density at radius 2 is 1.83 bits per heavy atom. The smallest absolute Gasteiger partial charge is 0.274 e. The summed E-state index contributed by atoms with van der Waals surface area (Å²) in [6.07, 6.45) is 3.01. The first-order chi connectivity index (χ1) is 17.3. The zero-order chi connectivity index (χ0) is 25.4. The van der Waals surface area contributed by atoms with Crippen LogP contribution in [0, 0.1) is 5.82 Å². The number of imidazole rings is 1. The molecule has 186 valence electrons. The molecule has 10 heteroatoms. The minimum absolute atomic E-state index is 0.0291. The lowest BCUT2D eigenvalue weighted by atomic mass is 9.93. The molecule has 0 spiro atoms. The molecular formula is C26H25ClFN5O3. The van der Waals surface area contributed by atoms with Crippen molar-refractivity contribution in [1.82, 2.24) is 25.1 Å². The van der Waals surface area contributed by atoms with Gasteiger partial charge in [-0.2, -0.15) is 0 Å². The van der Waals surface area contributed by atoms with E-state index < -0.39 is 17.4 Å². The molecule has 36 heavy (non-hydrogen) atoms. The third-order valence-electron chi connectivity index (χ3n) is 6.59. The van der Waals surface area contributed by atoms with E-state index in [0.29, 0.717) is 5.02 Å². The van der Waals surface area contributed by atoms with E-state index in [9.17, 15) is 18.8 Å². The van der Waals surface area contributed by atoms with Crippen LogP contribution < -0.4 is 10.6 Å². The highest BCUT2D eigenvalue weighted by atomic mass is 35.5. The summed E-state index contributed by atoms with van der Waals surface area (Å²) in [5, 5.41) is 6.24. The zero-order valence-electron chi connectivity index (χ0n) is 19.6. The predicted molar refractivity (Wildman–Crippen MR) is 131 cm³/mol. The normalized spacial score (nSPS) is 19.1. The average molecular weight is 510 g/mol. The molecule has 1 aliphatic carbocycles. The van der Waals surface area contributed by atoms with E-state index >= 15 is 0 Å². The Morgan fingerprint density at radius 3 is 2.53 bits per heavy atom. The van der Waals surface area contributed by atoms with Gasteiger partial charge in [-0.1, -0.05) is 35.9 Å².